The molecule has 2 heteroatoms. The summed E-state index contributed by atoms with van der Waals surface area (Å²) in [5, 5.41) is 9.80. The molecule has 0 aromatic heterocycles. The Bertz CT molecular complexity index is 374. The number of aliphatic hydroxyl groups is 1. The van der Waals surface area contributed by atoms with Crippen LogP contribution in [0.4, 0.5) is 0 Å². The van der Waals surface area contributed by atoms with E-state index in [4.69, 9.17) is 5.73 Å². The van der Waals surface area contributed by atoms with Crippen LogP contribution in [-0.2, 0) is 12.0 Å². The first kappa shape index (κ1) is 9.37. The molecule has 0 amide bonds. The molecule has 3 N–H and O–H groups in total. The van der Waals surface area contributed by atoms with Crippen LogP contribution in [0.3, 0.4) is 0 Å². The highest BCUT2D eigenvalue weighted by Gasteiger charge is 2.41. The van der Waals surface area contributed by atoms with Crippen molar-refractivity contribution in [1.29, 1.82) is 0 Å². The van der Waals surface area contributed by atoms with Crippen LogP contribution in [0.1, 0.15) is 36.8 Å². The molecule has 3 rings (SSSR count). The zero-order valence-corrected chi connectivity index (χ0v) is 8.87. The Hall–Kier alpha value is -0.860. The lowest BCUT2D eigenvalue weighted by Gasteiger charge is -2.11. The topological polar surface area (TPSA) is 46.2 Å². The van der Waals surface area contributed by atoms with E-state index in [9.17, 15) is 5.11 Å². The minimum atomic E-state index is -0.387. The first-order valence-electron chi connectivity index (χ1n) is 5.70. The highest BCUT2D eigenvalue weighted by molar-refractivity contribution is 5.33. The zero-order valence-electron chi connectivity index (χ0n) is 8.87. The van der Waals surface area contributed by atoms with Crippen molar-refractivity contribution < 1.29 is 5.11 Å². The van der Waals surface area contributed by atoms with E-state index in [1.54, 1.807) is 0 Å². The van der Waals surface area contributed by atoms with Gasteiger partial charge in [0.1, 0.15) is 0 Å². The Balaban J connectivity index is 1.76. The molecule has 0 aliphatic heterocycles. The fraction of sp³-hybridized carbons (Fsp3) is 0.538. The fourth-order valence-corrected chi connectivity index (χ4v) is 2.08. The van der Waals surface area contributed by atoms with Gasteiger partial charge in [0.15, 0.2) is 0 Å². The minimum absolute atomic E-state index is 0.0327. The van der Waals surface area contributed by atoms with Gasteiger partial charge in [-0.15, -0.1) is 0 Å². The lowest BCUT2D eigenvalue weighted by atomic mass is 10.0. The Labute approximate surface area is 90.1 Å². The Kier molecular flexibility index (Phi) is 1.77. The third-order valence-electron chi connectivity index (χ3n) is 3.68. The number of hydrogen-bond donors (Lipinski definition) is 2. The van der Waals surface area contributed by atoms with E-state index in [1.807, 2.05) is 0 Å². The Morgan fingerprint density at radius 2 is 1.67 bits per heavy atom. The van der Waals surface area contributed by atoms with E-state index in [-0.39, 0.29) is 11.1 Å². The molecule has 0 spiro atoms. The number of benzene rings is 1. The van der Waals surface area contributed by atoms with Gasteiger partial charge in [0, 0.05) is 12.0 Å². The van der Waals surface area contributed by atoms with Crippen molar-refractivity contribution in [1.82, 2.24) is 0 Å². The molecule has 2 saturated carbocycles. The van der Waals surface area contributed by atoms with Gasteiger partial charge in [0.2, 0.25) is 0 Å². The smallest absolute Gasteiger partial charge is 0.0690 e. The van der Waals surface area contributed by atoms with Crippen LogP contribution in [-0.4, -0.2) is 10.7 Å². The van der Waals surface area contributed by atoms with E-state index in [2.05, 4.69) is 24.3 Å². The minimum Gasteiger partial charge on any atom is -0.390 e. The molecule has 2 nitrogen and oxygen atoms in total. The summed E-state index contributed by atoms with van der Waals surface area (Å²) in [6.07, 6.45) is 4.92. The van der Waals surface area contributed by atoms with Crippen molar-refractivity contribution in [3.05, 3.63) is 35.4 Å². The predicted octanol–water partition coefficient (Wildman–Crippen LogP) is 1.70. The fourth-order valence-electron chi connectivity index (χ4n) is 2.08. The van der Waals surface area contributed by atoms with Gasteiger partial charge in [-0.05, 0) is 36.8 Å². The number of rotatable bonds is 3. The Morgan fingerprint density at radius 1 is 1.07 bits per heavy atom. The third kappa shape index (κ3) is 1.80. The van der Waals surface area contributed by atoms with Crippen LogP contribution in [0, 0.1) is 0 Å². The van der Waals surface area contributed by atoms with Crippen LogP contribution in [0.25, 0.3) is 0 Å². The molecule has 2 aliphatic rings. The van der Waals surface area contributed by atoms with Crippen molar-refractivity contribution in [2.75, 3.05) is 0 Å². The molecule has 0 heterocycles. The number of nitrogens with two attached hydrogens (primary N) is 1. The second-order valence-corrected chi connectivity index (χ2v) is 5.25. The number of hydrogen-bond acceptors (Lipinski definition) is 2. The van der Waals surface area contributed by atoms with E-state index in [0.29, 0.717) is 0 Å². The SMILES string of the molecule is NC1(c2ccc(CC3(O)CC3)cc2)CC1. The first-order chi connectivity index (χ1) is 7.10. The summed E-state index contributed by atoms with van der Waals surface area (Å²) in [6.45, 7) is 0. The van der Waals surface area contributed by atoms with Crippen molar-refractivity contribution >= 4 is 0 Å². The van der Waals surface area contributed by atoms with Crippen molar-refractivity contribution in [3.63, 3.8) is 0 Å². The normalized spacial score (nSPS) is 24.9. The molecule has 0 bridgehead atoms. The molecule has 1 aromatic carbocycles. The first-order valence-corrected chi connectivity index (χ1v) is 5.70. The summed E-state index contributed by atoms with van der Waals surface area (Å²) in [5.41, 5.74) is 8.16. The van der Waals surface area contributed by atoms with E-state index >= 15 is 0 Å². The summed E-state index contributed by atoms with van der Waals surface area (Å²) in [5.74, 6) is 0. The standard InChI is InChI=1S/C13H17NO/c14-13(7-8-13)11-3-1-10(2-4-11)9-12(15)5-6-12/h1-4,15H,5-9,14H2. The van der Waals surface area contributed by atoms with Gasteiger partial charge in [0.05, 0.1) is 5.60 Å². The van der Waals surface area contributed by atoms with Crippen LogP contribution in [0.15, 0.2) is 24.3 Å². The summed E-state index contributed by atoms with van der Waals surface area (Å²) in [6, 6.07) is 8.46. The molecule has 15 heavy (non-hydrogen) atoms. The van der Waals surface area contributed by atoms with Gasteiger partial charge in [-0.1, -0.05) is 24.3 Å². The van der Waals surface area contributed by atoms with Crippen LogP contribution in [0.5, 0.6) is 0 Å². The lowest BCUT2D eigenvalue weighted by Crippen LogP contribution is -2.18. The van der Waals surface area contributed by atoms with Gasteiger partial charge >= 0.3 is 0 Å². The lowest BCUT2D eigenvalue weighted by molar-refractivity contribution is 0.151. The van der Waals surface area contributed by atoms with Gasteiger partial charge in [-0.3, -0.25) is 0 Å². The van der Waals surface area contributed by atoms with E-state index in [0.717, 1.165) is 32.1 Å². The molecular formula is C13H17NO. The second-order valence-electron chi connectivity index (χ2n) is 5.25. The molecule has 0 radical (unpaired) electrons. The average molecular weight is 203 g/mol. The summed E-state index contributed by atoms with van der Waals surface area (Å²) in [7, 11) is 0. The summed E-state index contributed by atoms with van der Waals surface area (Å²) >= 11 is 0. The molecule has 0 atom stereocenters. The van der Waals surface area contributed by atoms with Crippen LogP contribution in [0.2, 0.25) is 0 Å². The van der Waals surface area contributed by atoms with Gasteiger partial charge in [0.25, 0.3) is 0 Å². The maximum Gasteiger partial charge on any atom is 0.0690 e. The molecule has 0 saturated heterocycles. The van der Waals surface area contributed by atoms with Gasteiger partial charge in [-0.25, -0.2) is 0 Å². The van der Waals surface area contributed by atoms with Gasteiger partial charge < -0.3 is 10.8 Å². The van der Waals surface area contributed by atoms with Crippen molar-refractivity contribution in [2.24, 2.45) is 5.73 Å². The maximum atomic E-state index is 9.80. The highest BCUT2D eigenvalue weighted by atomic mass is 16.3. The zero-order chi connectivity index (χ0) is 10.5. The van der Waals surface area contributed by atoms with E-state index in [1.165, 1.54) is 11.1 Å². The average Bonchev–Trinajstić information content (AvgIpc) is 3.10. The predicted molar refractivity (Wildman–Crippen MR) is 59.4 cm³/mol. The molecule has 80 valence electrons. The summed E-state index contributed by atoms with van der Waals surface area (Å²) in [4.78, 5) is 0. The summed E-state index contributed by atoms with van der Waals surface area (Å²) < 4.78 is 0. The molecule has 2 aliphatic carbocycles. The van der Waals surface area contributed by atoms with E-state index < -0.39 is 0 Å². The van der Waals surface area contributed by atoms with Crippen molar-refractivity contribution in [3.8, 4) is 0 Å². The third-order valence-corrected chi connectivity index (χ3v) is 3.68. The van der Waals surface area contributed by atoms with Crippen molar-refractivity contribution in [2.45, 2.75) is 43.2 Å². The molecule has 0 unspecified atom stereocenters. The quantitative estimate of drug-likeness (QED) is 0.785. The largest absolute Gasteiger partial charge is 0.390 e. The monoisotopic (exact) mass is 203 g/mol. The maximum absolute atomic E-state index is 9.80. The molecule has 2 fully saturated rings. The Morgan fingerprint density at radius 3 is 2.13 bits per heavy atom. The molecular weight excluding hydrogens is 186 g/mol. The second kappa shape index (κ2) is 2.83. The van der Waals surface area contributed by atoms with Gasteiger partial charge in [-0.2, -0.15) is 0 Å². The highest BCUT2D eigenvalue weighted by Crippen LogP contribution is 2.43. The van der Waals surface area contributed by atoms with Crippen LogP contribution >= 0.6 is 0 Å². The van der Waals surface area contributed by atoms with Crippen LogP contribution < -0.4 is 5.73 Å². The molecule has 1 aromatic rings.